The highest BCUT2D eigenvalue weighted by Gasteiger charge is 2.46. The fourth-order valence-electron chi connectivity index (χ4n) is 5.52. The Morgan fingerprint density at radius 3 is 2.71 bits per heavy atom. The minimum Gasteiger partial charge on any atom is -0.508 e. The number of phenolic OH excluding ortho intramolecular Hbond substituents is 1. The minimum atomic E-state index is -0.287. The molecule has 2 atom stereocenters. The first-order chi connectivity index (χ1) is 14.7. The zero-order valence-corrected chi connectivity index (χ0v) is 19.7. The van der Waals surface area contributed by atoms with Crippen LogP contribution < -0.4 is 4.74 Å². The molecule has 0 saturated heterocycles. The molecule has 0 spiro atoms. The normalized spacial score (nSPS) is 22.3. The maximum absolute atomic E-state index is 11.2. The maximum Gasteiger partial charge on any atom is 0.131 e. The van der Waals surface area contributed by atoms with Crippen LogP contribution in [0.15, 0.2) is 35.2 Å². The van der Waals surface area contributed by atoms with Crippen molar-refractivity contribution in [3.63, 3.8) is 0 Å². The van der Waals surface area contributed by atoms with Crippen molar-refractivity contribution in [1.82, 2.24) is 5.16 Å². The average Bonchev–Trinajstić information content (AvgIpc) is 3.25. The quantitative estimate of drug-likeness (QED) is 0.472. The third-order valence-corrected chi connectivity index (χ3v) is 7.54. The number of phenols is 1. The highest BCUT2D eigenvalue weighted by molar-refractivity contribution is 5.67. The molecule has 1 aliphatic carbocycles. The van der Waals surface area contributed by atoms with E-state index < -0.39 is 0 Å². The second kappa shape index (κ2) is 8.37. The zero-order chi connectivity index (χ0) is 22.2. The van der Waals surface area contributed by atoms with Crippen LogP contribution in [0.25, 0.3) is 5.57 Å². The summed E-state index contributed by atoms with van der Waals surface area (Å²) in [7, 11) is 0. The van der Waals surface area contributed by atoms with Crippen molar-refractivity contribution in [2.24, 2.45) is 5.92 Å². The van der Waals surface area contributed by atoms with E-state index in [4.69, 9.17) is 9.26 Å². The molecule has 0 amide bonds. The van der Waals surface area contributed by atoms with Gasteiger partial charge in [-0.05, 0) is 61.8 Å². The number of hydrogen-bond donors (Lipinski definition) is 1. The summed E-state index contributed by atoms with van der Waals surface area (Å²) in [4.78, 5) is 0. The first-order valence-corrected chi connectivity index (χ1v) is 11.9. The van der Waals surface area contributed by atoms with Gasteiger partial charge in [0.2, 0.25) is 0 Å². The smallest absolute Gasteiger partial charge is 0.131 e. The van der Waals surface area contributed by atoms with Crippen molar-refractivity contribution in [3.8, 4) is 11.5 Å². The fourth-order valence-corrected chi connectivity index (χ4v) is 5.52. The van der Waals surface area contributed by atoms with Gasteiger partial charge in [-0.1, -0.05) is 57.7 Å². The Bertz CT molecular complexity index is 940. The average molecular weight is 424 g/mol. The van der Waals surface area contributed by atoms with Gasteiger partial charge in [0.25, 0.3) is 0 Å². The molecule has 0 saturated carbocycles. The number of ether oxygens (including phenoxy) is 1. The van der Waals surface area contributed by atoms with E-state index in [1.54, 1.807) is 12.5 Å². The second-order valence-corrected chi connectivity index (χ2v) is 10.6. The number of nitrogens with zero attached hydrogens (tertiary/aromatic N) is 1. The predicted molar refractivity (Wildman–Crippen MR) is 125 cm³/mol. The van der Waals surface area contributed by atoms with Gasteiger partial charge in [0, 0.05) is 23.0 Å². The summed E-state index contributed by atoms with van der Waals surface area (Å²) < 4.78 is 11.6. The van der Waals surface area contributed by atoms with Crippen LogP contribution in [0.2, 0.25) is 0 Å². The van der Waals surface area contributed by atoms with E-state index in [0.717, 1.165) is 36.1 Å². The molecule has 4 rings (SSSR count). The number of benzene rings is 1. The number of fused-ring (bicyclic) bond motifs is 3. The molecule has 4 nitrogen and oxygen atoms in total. The Morgan fingerprint density at radius 2 is 2.00 bits per heavy atom. The molecule has 0 bridgehead atoms. The van der Waals surface area contributed by atoms with E-state index in [0.29, 0.717) is 11.7 Å². The summed E-state index contributed by atoms with van der Waals surface area (Å²) in [6.45, 7) is 11.2. The molecule has 1 aromatic heterocycles. The zero-order valence-electron chi connectivity index (χ0n) is 19.7. The molecule has 0 unspecified atom stereocenters. The van der Waals surface area contributed by atoms with E-state index in [9.17, 15) is 5.11 Å². The molecule has 168 valence electrons. The van der Waals surface area contributed by atoms with Crippen LogP contribution in [0.1, 0.15) is 102 Å². The van der Waals surface area contributed by atoms with Gasteiger partial charge in [-0.2, -0.15) is 0 Å². The van der Waals surface area contributed by atoms with E-state index in [2.05, 4.69) is 51.9 Å². The van der Waals surface area contributed by atoms with Gasteiger partial charge in [-0.3, -0.25) is 0 Å². The second-order valence-electron chi connectivity index (χ2n) is 10.6. The largest absolute Gasteiger partial charge is 0.508 e. The van der Waals surface area contributed by atoms with Crippen molar-refractivity contribution in [2.75, 3.05) is 0 Å². The van der Waals surface area contributed by atoms with Crippen molar-refractivity contribution in [2.45, 2.75) is 96.5 Å². The van der Waals surface area contributed by atoms with Crippen LogP contribution in [0, 0.1) is 5.92 Å². The van der Waals surface area contributed by atoms with Gasteiger partial charge in [0.1, 0.15) is 23.4 Å². The Hall–Kier alpha value is -2.23. The highest BCUT2D eigenvalue weighted by Crippen LogP contribution is 2.56. The van der Waals surface area contributed by atoms with Gasteiger partial charge in [-0.25, -0.2) is 0 Å². The topological polar surface area (TPSA) is 55.5 Å². The fraction of sp³-hybridized carbons (Fsp3) is 0.593. The van der Waals surface area contributed by atoms with E-state index in [1.165, 1.54) is 36.8 Å². The maximum atomic E-state index is 11.2. The van der Waals surface area contributed by atoms with Crippen molar-refractivity contribution < 1.29 is 14.4 Å². The molecule has 1 aromatic carbocycles. The lowest BCUT2D eigenvalue weighted by Crippen LogP contribution is -2.45. The SMILES string of the molecule is CCCCCCC(C)(C)c1cc(O)c2c(c1)OC(C)(C)[C@@H]1CC=C(c3cnoc3)C[C@@H]21. The molecule has 1 N–H and O–H groups in total. The monoisotopic (exact) mass is 423 g/mol. The number of allylic oxidation sites excluding steroid dienone is 2. The molecule has 2 heterocycles. The summed E-state index contributed by atoms with van der Waals surface area (Å²) in [5, 5.41) is 15.1. The van der Waals surface area contributed by atoms with E-state index in [1.807, 2.05) is 6.07 Å². The molecular weight excluding hydrogens is 386 g/mol. The number of aromatic hydroxyl groups is 1. The molecule has 1 aliphatic heterocycles. The molecule has 2 aromatic rings. The summed E-state index contributed by atoms with van der Waals surface area (Å²) in [6.07, 6.45) is 13.7. The summed E-state index contributed by atoms with van der Waals surface area (Å²) in [5.74, 6) is 1.78. The third kappa shape index (κ3) is 4.26. The molecular formula is C27H37NO3. The minimum absolute atomic E-state index is 0.00466. The first kappa shape index (κ1) is 22.0. The van der Waals surface area contributed by atoms with Crippen LogP contribution in [0.5, 0.6) is 11.5 Å². The number of unbranched alkanes of at least 4 members (excludes halogenated alkanes) is 3. The molecule has 31 heavy (non-hydrogen) atoms. The number of rotatable bonds is 7. The Morgan fingerprint density at radius 1 is 1.19 bits per heavy atom. The first-order valence-electron chi connectivity index (χ1n) is 11.9. The van der Waals surface area contributed by atoms with E-state index >= 15 is 0 Å². The van der Waals surface area contributed by atoms with Crippen molar-refractivity contribution >= 4 is 5.57 Å². The van der Waals surface area contributed by atoms with Gasteiger partial charge in [0.15, 0.2) is 0 Å². The Balaban J connectivity index is 1.66. The molecule has 4 heteroatoms. The Kier molecular flexibility index (Phi) is 5.93. The summed E-state index contributed by atoms with van der Waals surface area (Å²) >= 11 is 0. The number of hydrogen-bond acceptors (Lipinski definition) is 4. The van der Waals surface area contributed by atoms with Crippen LogP contribution in [0.4, 0.5) is 0 Å². The van der Waals surface area contributed by atoms with Gasteiger partial charge < -0.3 is 14.4 Å². The molecule has 2 aliphatic rings. The van der Waals surface area contributed by atoms with Gasteiger partial charge >= 0.3 is 0 Å². The van der Waals surface area contributed by atoms with Crippen LogP contribution in [-0.4, -0.2) is 15.9 Å². The third-order valence-electron chi connectivity index (χ3n) is 7.54. The Labute approximate surface area is 186 Å². The number of aromatic nitrogens is 1. The van der Waals surface area contributed by atoms with Gasteiger partial charge in [0.05, 0.1) is 6.20 Å². The van der Waals surface area contributed by atoms with Crippen LogP contribution in [0.3, 0.4) is 0 Å². The van der Waals surface area contributed by atoms with Gasteiger partial charge in [-0.15, -0.1) is 0 Å². The van der Waals surface area contributed by atoms with Crippen LogP contribution >= 0.6 is 0 Å². The lowest BCUT2D eigenvalue weighted by molar-refractivity contribution is 0.00910. The van der Waals surface area contributed by atoms with Crippen molar-refractivity contribution in [1.29, 1.82) is 0 Å². The molecule has 0 radical (unpaired) electrons. The standard InChI is InChI=1S/C27H37NO3/c1-6-7-8-9-12-26(2,3)20-14-23(29)25-21-13-18(19-16-28-30-17-19)10-11-22(21)27(4,5)31-24(25)15-20/h10,14-17,21-22,29H,6-9,11-13H2,1-5H3/t21-,22-/m1/s1. The lowest BCUT2D eigenvalue weighted by atomic mass is 9.66. The van der Waals surface area contributed by atoms with E-state index in [-0.39, 0.29) is 16.9 Å². The van der Waals surface area contributed by atoms with Crippen LogP contribution in [-0.2, 0) is 5.41 Å². The van der Waals surface area contributed by atoms with Crippen molar-refractivity contribution in [3.05, 3.63) is 47.4 Å². The lowest BCUT2D eigenvalue weighted by Gasteiger charge is -2.47. The summed E-state index contributed by atoms with van der Waals surface area (Å²) in [5.41, 5.74) is 4.13. The predicted octanol–water partition coefficient (Wildman–Crippen LogP) is 7.38. The molecule has 0 fully saturated rings. The summed E-state index contributed by atoms with van der Waals surface area (Å²) in [6, 6.07) is 4.19. The highest BCUT2D eigenvalue weighted by atomic mass is 16.5.